The maximum Gasteiger partial charge on any atom is 0.329 e. The van der Waals surface area contributed by atoms with Gasteiger partial charge >= 0.3 is 5.69 Å². The molecule has 21 heavy (non-hydrogen) atoms. The number of nitrogens with zero attached hydrogens (tertiary/aromatic N) is 4. The van der Waals surface area contributed by atoms with Gasteiger partial charge in [0.25, 0.3) is 0 Å². The normalized spacial score (nSPS) is 10.5. The van der Waals surface area contributed by atoms with E-state index in [2.05, 4.69) is 20.3 Å². The summed E-state index contributed by atoms with van der Waals surface area (Å²) >= 11 is 5.69. The predicted octanol–water partition coefficient (Wildman–Crippen LogP) is 3.33. The van der Waals surface area contributed by atoms with Gasteiger partial charge in [-0.15, -0.1) is 0 Å². The highest BCUT2D eigenvalue weighted by Gasteiger charge is 2.17. The van der Waals surface area contributed by atoms with Crippen LogP contribution in [0.15, 0.2) is 42.9 Å². The summed E-state index contributed by atoms with van der Waals surface area (Å²) in [7, 11) is 0. The molecule has 0 aliphatic carbocycles. The molecule has 1 N–H and O–H groups in total. The van der Waals surface area contributed by atoms with Crippen molar-refractivity contribution in [2.75, 3.05) is 5.32 Å². The Kier molecular flexibility index (Phi) is 3.33. The Morgan fingerprint density at radius 1 is 1.19 bits per heavy atom. The average Bonchev–Trinajstić information content (AvgIpc) is 2.47. The van der Waals surface area contributed by atoms with Crippen LogP contribution in [0, 0.1) is 10.1 Å². The summed E-state index contributed by atoms with van der Waals surface area (Å²) < 4.78 is 0. The highest BCUT2D eigenvalue weighted by molar-refractivity contribution is 6.28. The lowest BCUT2D eigenvalue weighted by molar-refractivity contribution is -0.384. The van der Waals surface area contributed by atoms with Gasteiger partial charge in [-0.1, -0.05) is 6.07 Å². The molecule has 0 unspecified atom stereocenters. The first-order chi connectivity index (χ1) is 10.1. The topological polar surface area (TPSA) is 93.8 Å². The second kappa shape index (κ2) is 5.29. The smallest absolute Gasteiger partial charge is 0.329 e. The van der Waals surface area contributed by atoms with E-state index in [0.29, 0.717) is 5.69 Å². The summed E-state index contributed by atoms with van der Waals surface area (Å²) in [4.78, 5) is 21.9. The number of nitrogens with one attached hydrogen (secondary N) is 1. The number of anilines is 2. The number of pyridine rings is 1. The van der Waals surface area contributed by atoms with Gasteiger partial charge < -0.3 is 5.32 Å². The quantitative estimate of drug-likeness (QED) is 0.453. The van der Waals surface area contributed by atoms with Crippen LogP contribution in [-0.2, 0) is 0 Å². The Morgan fingerprint density at radius 2 is 2.05 bits per heavy atom. The van der Waals surface area contributed by atoms with Gasteiger partial charge in [0.1, 0.15) is 6.20 Å². The van der Waals surface area contributed by atoms with E-state index in [0.717, 1.165) is 17.0 Å². The van der Waals surface area contributed by atoms with Gasteiger partial charge in [0.05, 0.1) is 4.92 Å². The van der Waals surface area contributed by atoms with Crippen LogP contribution in [0.2, 0.25) is 5.28 Å². The van der Waals surface area contributed by atoms with Gasteiger partial charge in [-0.25, -0.2) is 4.98 Å². The van der Waals surface area contributed by atoms with Crippen molar-refractivity contribution in [2.24, 2.45) is 0 Å². The maximum absolute atomic E-state index is 11.0. The van der Waals surface area contributed by atoms with E-state index in [1.807, 2.05) is 18.2 Å². The summed E-state index contributed by atoms with van der Waals surface area (Å²) in [5, 5.41) is 15.7. The molecule has 7 nitrogen and oxygen atoms in total. The number of benzene rings is 1. The number of hydrogen-bond donors (Lipinski definition) is 1. The first kappa shape index (κ1) is 13.2. The Labute approximate surface area is 123 Å². The van der Waals surface area contributed by atoms with E-state index in [-0.39, 0.29) is 16.8 Å². The number of rotatable bonds is 3. The van der Waals surface area contributed by atoms with Gasteiger partial charge in [-0.05, 0) is 35.2 Å². The van der Waals surface area contributed by atoms with Crippen LogP contribution in [0.25, 0.3) is 10.8 Å². The Balaban J connectivity index is 2.02. The monoisotopic (exact) mass is 301 g/mol. The zero-order valence-corrected chi connectivity index (χ0v) is 11.3. The van der Waals surface area contributed by atoms with E-state index in [1.165, 1.54) is 0 Å². The summed E-state index contributed by atoms with van der Waals surface area (Å²) in [6.45, 7) is 0. The SMILES string of the molecule is O=[N+]([O-])c1cnc(Cl)nc1Nc1ccc2ccncc2c1. The molecule has 104 valence electrons. The van der Waals surface area contributed by atoms with E-state index >= 15 is 0 Å². The summed E-state index contributed by atoms with van der Waals surface area (Å²) in [5.74, 6) is 0.0447. The molecule has 0 saturated carbocycles. The molecular formula is C13H8ClN5O2. The molecule has 1 aromatic carbocycles. The van der Waals surface area contributed by atoms with E-state index in [4.69, 9.17) is 11.6 Å². The standard InChI is InChI=1S/C13H8ClN5O2/c14-13-16-7-11(19(20)21)12(18-13)17-10-2-1-8-3-4-15-6-9(8)5-10/h1-7H,(H,16,17,18). The first-order valence-corrected chi connectivity index (χ1v) is 6.29. The van der Waals surface area contributed by atoms with Crippen molar-refractivity contribution in [3.8, 4) is 0 Å². The van der Waals surface area contributed by atoms with Gasteiger partial charge in [-0.3, -0.25) is 15.1 Å². The second-order valence-electron chi connectivity index (χ2n) is 4.19. The lowest BCUT2D eigenvalue weighted by Crippen LogP contribution is -2.01. The fourth-order valence-corrected chi connectivity index (χ4v) is 2.01. The van der Waals surface area contributed by atoms with Crippen molar-refractivity contribution in [1.82, 2.24) is 15.0 Å². The van der Waals surface area contributed by atoms with Crippen LogP contribution in [0.3, 0.4) is 0 Å². The highest BCUT2D eigenvalue weighted by Crippen LogP contribution is 2.27. The second-order valence-corrected chi connectivity index (χ2v) is 4.53. The fourth-order valence-electron chi connectivity index (χ4n) is 1.88. The van der Waals surface area contributed by atoms with Crippen molar-refractivity contribution >= 4 is 39.6 Å². The number of hydrogen-bond acceptors (Lipinski definition) is 6. The van der Waals surface area contributed by atoms with Crippen molar-refractivity contribution in [1.29, 1.82) is 0 Å². The molecule has 0 radical (unpaired) electrons. The molecular weight excluding hydrogens is 294 g/mol. The third kappa shape index (κ3) is 2.72. The molecule has 0 fully saturated rings. The molecule has 0 atom stereocenters. The number of halogens is 1. The highest BCUT2D eigenvalue weighted by atomic mass is 35.5. The fraction of sp³-hybridized carbons (Fsp3) is 0. The minimum atomic E-state index is -0.568. The Bertz CT molecular complexity index is 840. The van der Waals surface area contributed by atoms with Gasteiger partial charge in [0.15, 0.2) is 0 Å². The molecule has 8 heteroatoms. The molecule has 0 saturated heterocycles. The van der Waals surface area contributed by atoms with Crippen LogP contribution in [0.1, 0.15) is 0 Å². The minimum absolute atomic E-state index is 0.0447. The van der Waals surface area contributed by atoms with Crippen molar-refractivity contribution in [3.63, 3.8) is 0 Å². The zero-order valence-electron chi connectivity index (χ0n) is 10.5. The van der Waals surface area contributed by atoms with Crippen LogP contribution >= 0.6 is 11.6 Å². The predicted molar refractivity (Wildman–Crippen MR) is 78.7 cm³/mol. The van der Waals surface area contributed by atoms with Gasteiger partial charge in [0, 0.05) is 23.5 Å². The summed E-state index contributed by atoms with van der Waals surface area (Å²) in [6, 6.07) is 7.38. The third-order valence-electron chi connectivity index (χ3n) is 2.84. The average molecular weight is 302 g/mol. The number of nitro groups is 1. The third-order valence-corrected chi connectivity index (χ3v) is 3.02. The van der Waals surface area contributed by atoms with Crippen LogP contribution in [-0.4, -0.2) is 19.9 Å². The molecule has 0 bridgehead atoms. The summed E-state index contributed by atoms with van der Waals surface area (Å²) in [6.07, 6.45) is 4.48. The van der Waals surface area contributed by atoms with Crippen molar-refractivity contribution in [2.45, 2.75) is 0 Å². The molecule has 3 rings (SSSR count). The Hall–Kier alpha value is -2.80. The van der Waals surface area contributed by atoms with Crippen LogP contribution in [0.5, 0.6) is 0 Å². The molecule has 0 aliphatic heterocycles. The van der Waals surface area contributed by atoms with Crippen molar-refractivity contribution < 1.29 is 4.92 Å². The van der Waals surface area contributed by atoms with Crippen LogP contribution < -0.4 is 5.32 Å². The molecule has 0 amide bonds. The number of aromatic nitrogens is 3. The molecule has 2 aromatic heterocycles. The number of fused-ring (bicyclic) bond motifs is 1. The first-order valence-electron chi connectivity index (χ1n) is 5.91. The van der Waals surface area contributed by atoms with E-state index in [1.54, 1.807) is 18.5 Å². The van der Waals surface area contributed by atoms with Crippen LogP contribution in [0.4, 0.5) is 17.2 Å². The lowest BCUT2D eigenvalue weighted by atomic mass is 10.1. The lowest BCUT2D eigenvalue weighted by Gasteiger charge is -2.07. The molecule has 3 aromatic rings. The largest absolute Gasteiger partial charge is 0.334 e. The van der Waals surface area contributed by atoms with E-state index in [9.17, 15) is 10.1 Å². The maximum atomic E-state index is 11.0. The van der Waals surface area contributed by atoms with E-state index < -0.39 is 4.92 Å². The molecule has 0 spiro atoms. The minimum Gasteiger partial charge on any atom is -0.334 e. The molecule has 2 heterocycles. The summed E-state index contributed by atoms with van der Waals surface area (Å²) in [5.41, 5.74) is 0.402. The Morgan fingerprint density at radius 3 is 2.86 bits per heavy atom. The van der Waals surface area contributed by atoms with Gasteiger partial charge in [-0.2, -0.15) is 4.98 Å². The van der Waals surface area contributed by atoms with Crippen molar-refractivity contribution in [3.05, 3.63) is 58.3 Å². The zero-order chi connectivity index (χ0) is 14.8. The van der Waals surface area contributed by atoms with Gasteiger partial charge in [0.2, 0.25) is 11.1 Å². The molecule has 0 aliphatic rings.